The van der Waals surface area contributed by atoms with Crippen LogP contribution >= 0.6 is 27.5 Å². The second-order valence-electron chi connectivity index (χ2n) is 2.89. The molecule has 0 atom stereocenters. The van der Waals surface area contributed by atoms with Crippen LogP contribution in [0, 0.1) is 16.7 Å². The van der Waals surface area contributed by atoms with Crippen molar-refractivity contribution in [3.05, 3.63) is 21.6 Å². The smallest absolute Gasteiger partial charge is 0.201 e. The molecule has 0 spiro atoms. The third-order valence-electron chi connectivity index (χ3n) is 1.67. The number of rotatable bonds is 3. The van der Waals surface area contributed by atoms with E-state index in [1.807, 2.05) is 0 Å². The molecule has 88 valence electrons. The molecular formula is C9H7BrClN5O. The summed E-state index contributed by atoms with van der Waals surface area (Å²) >= 11 is 8.83. The highest BCUT2D eigenvalue weighted by atomic mass is 79.9. The Morgan fingerprint density at radius 1 is 1.65 bits per heavy atom. The van der Waals surface area contributed by atoms with Crippen LogP contribution in [0.15, 0.2) is 21.7 Å². The third kappa shape index (κ3) is 3.34. The van der Waals surface area contributed by atoms with E-state index < -0.39 is 5.84 Å². The van der Waals surface area contributed by atoms with Gasteiger partial charge in [0.25, 0.3) is 0 Å². The number of nitrogens with one attached hydrogen (secondary N) is 2. The van der Waals surface area contributed by atoms with Crippen molar-refractivity contribution in [2.75, 3.05) is 5.43 Å². The van der Waals surface area contributed by atoms with Crippen molar-refractivity contribution >= 4 is 44.8 Å². The van der Waals surface area contributed by atoms with Crippen LogP contribution in [-0.2, 0) is 0 Å². The number of phenolic OH excluding ortho intramolecular Hbond substituents is 1. The minimum Gasteiger partial charge on any atom is -0.505 e. The van der Waals surface area contributed by atoms with E-state index in [0.29, 0.717) is 10.2 Å². The number of anilines is 1. The van der Waals surface area contributed by atoms with E-state index in [0.717, 1.165) is 0 Å². The minimum atomic E-state index is -0.441. The maximum atomic E-state index is 9.39. The van der Waals surface area contributed by atoms with Gasteiger partial charge in [-0.05, 0) is 28.1 Å². The molecule has 6 nitrogen and oxygen atoms in total. The van der Waals surface area contributed by atoms with Crippen LogP contribution in [-0.4, -0.2) is 16.7 Å². The SMILES string of the molecule is N#C/C(=N\Nc1cc(Cl)c(O)c(Br)c1)C(=N)N. The van der Waals surface area contributed by atoms with Gasteiger partial charge in [0.05, 0.1) is 15.2 Å². The molecule has 1 aromatic rings. The summed E-state index contributed by atoms with van der Waals surface area (Å²) in [6.45, 7) is 0. The lowest BCUT2D eigenvalue weighted by atomic mass is 10.3. The summed E-state index contributed by atoms with van der Waals surface area (Å²) in [5.74, 6) is -0.530. The number of halogens is 2. The lowest BCUT2D eigenvalue weighted by Gasteiger charge is -2.05. The van der Waals surface area contributed by atoms with Crippen molar-refractivity contribution in [1.29, 1.82) is 10.7 Å². The number of amidine groups is 1. The van der Waals surface area contributed by atoms with Gasteiger partial charge in [0.2, 0.25) is 5.71 Å². The molecule has 0 aliphatic rings. The summed E-state index contributed by atoms with van der Waals surface area (Å²) in [7, 11) is 0. The molecule has 0 aliphatic heterocycles. The van der Waals surface area contributed by atoms with E-state index in [9.17, 15) is 5.11 Å². The lowest BCUT2D eigenvalue weighted by molar-refractivity contribution is 0.472. The number of aromatic hydroxyl groups is 1. The van der Waals surface area contributed by atoms with Gasteiger partial charge in [-0.1, -0.05) is 11.6 Å². The molecule has 1 rings (SSSR count). The Labute approximate surface area is 110 Å². The number of nitrogens with two attached hydrogens (primary N) is 1. The van der Waals surface area contributed by atoms with E-state index in [4.69, 9.17) is 28.0 Å². The molecule has 17 heavy (non-hydrogen) atoms. The first kappa shape index (κ1) is 13.3. The Morgan fingerprint density at radius 3 is 2.76 bits per heavy atom. The average molecular weight is 317 g/mol. The first-order chi connectivity index (χ1) is 7.95. The Bertz CT molecular complexity index is 514. The maximum absolute atomic E-state index is 9.39. The zero-order valence-corrected chi connectivity index (χ0v) is 10.7. The van der Waals surface area contributed by atoms with Crippen LogP contribution in [0.25, 0.3) is 0 Å². The van der Waals surface area contributed by atoms with Gasteiger partial charge < -0.3 is 10.8 Å². The van der Waals surface area contributed by atoms with Gasteiger partial charge in [0.15, 0.2) is 5.84 Å². The molecule has 0 saturated heterocycles. The highest BCUT2D eigenvalue weighted by molar-refractivity contribution is 9.10. The molecule has 8 heteroatoms. The van der Waals surface area contributed by atoms with Crippen molar-refractivity contribution in [3.63, 3.8) is 0 Å². The molecular weight excluding hydrogens is 309 g/mol. The summed E-state index contributed by atoms with van der Waals surface area (Å²) in [4.78, 5) is 0. The zero-order valence-electron chi connectivity index (χ0n) is 8.33. The fourth-order valence-corrected chi connectivity index (χ4v) is 1.69. The molecule has 0 amide bonds. The molecule has 0 fully saturated rings. The second-order valence-corrected chi connectivity index (χ2v) is 4.15. The van der Waals surface area contributed by atoms with Crippen LogP contribution in [0.2, 0.25) is 5.02 Å². The number of hydrogen-bond acceptors (Lipinski definition) is 5. The first-order valence-corrected chi connectivity index (χ1v) is 5.39. The largest absolute Gasteiger partial charge is 0.505 e. The van der Waals surface area contributed by atoms with E-state index in [2.05, 4.69) is 26.5 Å². The second kappa shape index (κ2) is 5.52. The highest BCUT2D eigenvalue weighted by Crippen LogP contribution is 2.34. The van der Waals surface area contributed by atoms with Gasteiger partial charge in [0, 0.05) is 0 Å². The van der Waals surface area contributed by atoms with Gasteiger partial charge in [0.1, 0.15) is 11.8 Å². The minimum absolute atomic E-state index is 0.0896. The number of nitriles is 1. The first-order valence-electron chi connectivity index (χ1n) is 4.22. The van der Waals surface area contributed by atoms with Gasteiger partial charge in [-0.3, -0.25) is 10.8 Å². The molecule has 0 radical (unpaired) electrons. The van der Waals surface area contributed by atoms with Gasteiger partial charge in [-0.25, -0.2) is 0 Å². The fraction of sp³-hybridized carbons (Fsp3) is 0. The number of nitrogens with zero attached hydrogens (tertiary/aromatic N) is 2. The summed E-state index contributed by atoms with van der Waals surface area (Å²) in [5, 5.41) is 28.8. The van der Waals surface area contributed by atoms with Gasteiger partial charge in [-0.15, -0.1) is 0 Å². The number of benzene rings is 1. The zero-order chi connectivity index (χ0) is 13.0. The molecule has 0 aromatic heterocycles. The standard InChI is InChI=1S/C9H7BrClN5O/c10-5-1-4(2-6(11)8(5)17)15-16-7(3-12)9(13)14/h1-2,15,17H,(H3,13,14)/b16-7+. The van der Waals surface area contributed by atoms with Crippen molar-refractivity contribution in [3.8, 4) is 11.8 Å². The van der Waals surface area contributed by atoms with E-state index in [1.54, 1.807) is 6.07 Å². The topological polar surface area (TPSA) is 118 Å². The van der Waals surface area contributed by atoms with Crippen LogP contribution in [0.5, 0.6) is 5.75 Å². The molecule has 0 heterocycles. The van der Waals surface area contributed by atoms with Crippen molar-refractivity contribution < 1.29 is 5.11 Å². The monoisotopic (exact) mass is 315 g/mol. The molecule has 0 bridgehead atoms. The van der Waals surface area contributed by atoms with Crippen molar-refractivity contribution in [1.82, 2.24) is 0 Å². The van der Waals surface area contributed by atoms with Gasteiger partial charge >= 0.3 is 0 Å². The lowest BCUT2D eigenvalue weighted by Crippen LogP contribution is -2.21. The molecule has 5 N–H and O–H groups in total. The Kier molecular flexibility index (Phi) is 4.31. The van der Waals surface area contributed by atoms with Crippen LogP contribution in [0.4, 0.5) is 5.69 Å². The quantitative estimate of drug-likeness (QED) is 0.295. The number of phenols is 1. The van der Waals surface area contributed by atoms with Crippen LogP contribution < -0.4 is 11.2 Å². The Balaban J connectivity index is 2.98. The fourth-order valence-electron chi connectivity index (χ4n) is 0.896. The number of hydrazone groups is 1. The molecule has 0 saturated carbocycles. The molecule has 1 aromatic carbocycles. The predicted molar refractivity (Wildman–Crippen MR) is 69.4 cm³/mol. The van der Waals surface area contributed by atoms with Crippen LogP contribution in [0.1, 0.15) is 0 Å². The summed E-state index contributed by atoms with van der Waals surface area (Å²) in [6, 6.07) is 4.59. The van der Waals surface area contributed by atoms with E-state index >= 15 is 0 Å². The highest BCUT2D eigenvalue weighted by Gasteiger charge is 2.06. The van der Waals surface area contributed by atoms with Crippen LogP contribution in [0.3, 0.4) is 0 Å². The predicted octanol–water partition coefficient (Wildman–Crippen LogP) is 2.04. The average Bonchev–Trinajstić information content (AvgIpc) is 2.26. The molecule has 0 unspecified atom stereocenters. The maximum Gasteiger partial charge on any atom is 0.201 e. The number of hydrogen-bond donors (Lipinski definition) is 4. The van der Waals surface area contributed by atoms with E-state index in [-0.39, 0.29) is 16.5 Å². The Morgan fingerprint density at radius 2 is 2.29 bits per heavy atom. The van der Waals surface area contributed by atoms with Gasteiger partial charge in [-0.2, -0.15) is 10.4 Å². The van der Waals surface area contributed by atoms with Crippen molar-refractivity contribution in [2.24, 2.45) is 10.8 Å². The van der Waals surface area contributed by atoms with E-state index in [1.165, 1.54) is 12.1 Å². The summed E-state index contributed by atoms with van der Waals surface area (Å²) in [6.07, 6.45) is 0. The summed E-state index contributed by atoms with van der Waals surface area (Å²) < 4.78 is 0.379. The summed E-state index contributed by atoms with van der Waals surface area (Å²) in [5.41, 5.74) is 7.81. The third-order valence-corrected chi connectivity index (χ3v) is 2.57. The normalized spacial score (nSPS) is 10.8. The van der Waals surface area contributed by atoms with Crippen molar-refractivity contribution in [2.45, 2.75) is 0 Å². The molecule has 0 aliphatic carbocycles. The Hall–Kier alpha value is -1.78.